The van der Waals surface area contributed by atoms with E-state index in [-0.39, 0.29) is 0 Å². The van der Waals surface area contributed by atoms with Gasteiger partial charge in [0.2, 0.25) is 0 Å². The first-order valence-corrected chi connectivity index (χ1v) is 4.83. The number of hydrogen-bond donors (Lipinski definition) is 0. The van der Waals surface area contributed by atoms with Crippen molar-refractivity contribution in [1.29, 1.82) is 0 Å². The lowest BCUT2D eigenvalue weighted by atomic mass is 10.5. The number of alkyl halides is 1. The van der Waals surface area contributed by atoms with Crippen molar-refractivity contribution in [2.45, 2.75) is 19.8 Å². The molecule has 0 spiro atoms. The Labute approximate surface area is 70.3 Å². The second-order valence-electron chi connectivity index (χ2n) is 1.77. The van der Waals surface area contributed by atoms with Crippen molar-refractivity contribution in [3.8, 4) is 0 Å². The van der Waals surface area contributed by atoms with E-state index in [2.05, 4.69) is 39.7 Å². The van der Waals surface area contributed by atoms with Gasteiger partial charge in [0.1, 0.15) is 0 Å². The van der Waals surface area contributed by atoms with Crippen LogP contribution >= 0.6 is 22.6 Å². The normalized spacial score (nSPS) is 10.9. The smallest absolute Gasteiger partial charge is 0.0606 e. The largest absolute Gasteiger partial charge is 0.194 e. The van der Waals surface area contributed by atoms with Crippen molar-refractivity contribution in [2.75, 3.05) is 17.5 Å². The first kappa shape index (κ1) is 9.33. The molecule has 0 bridgehead atoms. The zero-order valence-electron chi connectivity index (χ0n) is 5.81. The molecule has 0 aromatic heterocycles. The molecule has 0 saturated heterocycles. The van der Waals surface area contributed by atoms with E-state index in [1.807, 2.05) is 0 Å². The second kappa shape index (κ2) is 8.33. The van der Waals surface area contributed by atoms with Gasteiger partial charge >= 0.3 is 0 Å². The summed E-state index contributed by atoms with van der Waals surface area (Å²) in [5.74, 6) is 0. The van der Waals surface area contributed by atoms with Crippen LogP contribution in [0.5, 0.6) is 0 Å². The van der Waals surface area contributed by atoms with Crippen LogP contribution in [-0.4, -0.2) is 17.5 Å². The van der Waals surface area contributed by atoms with Gasteiger partial charge in [-0.1, -0.05) is 29.5 Å². The molecule has 0 aliphatic carbocycles. The Morgan fingerprint density at radius 2 is 1.89 bits per heavy atom. The molecule has 0 atom stereocenters. The van der Waals surface area contributed by atoms with Crippen LogP contribution in [0.3, 0.4) is 0 Å². The van der Waals surface area contributed by atoms with Crippen LogP contribution in [0.25, 0.3) is 0 Å². The van der Waals surface area contributed by atoms with E-state index >= 15 is 0 Å². The lowest BCUT2D eigenvalue weighted by Gasteiger charge is -1.86. The molecule has 54 valence electrons. The van der Waals surface area contributed by atoms with E-state index in [1.54, 1.807) is 0 Å². The molecule has 0 radical (unpaired) electrons. The van der Waals surface area contributed by atoms with E-state index in [0.717, 1.165) is 25.9 Å². The van der Waals surface area contributed by atoms with E-state index < -0.39 is 0 Å². The van der Waals surface area contributed by atoms with Gasteiger partial charge in [0, 0.05) is 4.43 Å². The molecule has 0 heterocycles. The lowest BCUT2D eigenvalue weighted by Crippen LogP contribution is -1.80. The minimum atomic E-state index is 0.890. The Morgan fingerprint density at radius 1 is 1.22 bits per heavy atom. The van der Waals surface area contributed by atoms with Crippen molar-refractivity contribution < 1.29 is 0 Å². The average Bonchev–Trinajstić information content (AvgIpc) is 1.89. The van der Waals surface area contributed by atoms with Gasteiger partial charge in [-0.2, -0.15) is 10.2 Å². The van der Waals surface area contributed by atoms with Crippen LogP contribution in [0, 0.1) is 0 Å². The predicted molar refractivity (Wildman–Crippen MR) is 48.4 cm³/mol. The maximum absolute atomic E-state index is 3.97. The predicted octanol–water partition coefficient (Wildman–Crippen LogP) is 2.67. The van der Waals surface area contributed by atoms with Gasteiger partial charge in [0.05, 0.1) is 13.1 Å². The molecule has 0 aliphatic heterocycles. The van der Waals surface area contributed by atoms with E-state index in [4.69, 9.17) is 0 Å². The van der Waals surface area contributed by atoms with Crippen molar-refractivity contribution >= 4 is 22.6 Å². The van der Waals surface area contributed by atoms with E-state index in [0.29, 0.717) is 0 Å². The molecule has 0 amide bonds. The number of azo groups is 1. The Hall–Kier alpha value is 0.330. The summed E-state index contributed by atoms with van der Waals surface area (Å²) in [5, 5.41) is 7.92. The van der Waals surface area contributed by atoms with Gasteiger partial charge < -0.3 is 0 Å². The van der Waals surface area contributed by atoms with Gasteiger partial charge in [0.25, 0.3) is 0 Å². The van der Waals surface area contributed by atoms with Crippen LogP contribution in [0.15, 0.2) is 10.2 Å². The molecular weight excluding hydrogens is 227 g/mol. The summed E-state index contributed by atoms with van der Waals surface area (Å²) in [7, 11) is 0. The highest BCUT2D eigenvalue weighted by Crippen LogP contribution is 1.89. The van der Waals surface area contributed by atoms with Crippen molar-refractivity contribution in [3.63, 3.8) is 0 Å². The molecule has 0 saturated carbocycles. The van der Waals surface area contributed by atoms with Gasteiger partial charge in [-0.05, 0) is 12.8 Å². The Balaban J connectivity index is 2.86. The third-order valence-corrected chi connectivity index (χ3v) is 1.58. The molecule has 0 aromatic rings. The van der Waals surface area contributed by atoms with Crippen molar-refractivity contribution in [2.24, 2.45) is 10.2 Å². The first-order valence-electron chi connectivity index (χ1n) is 3.31. The average molecular weight is 240 g/mol. The highest BCUT2D eigenvalue weighted by Gasteiger charge is 1.78. The molecule has 0 fully saturated rings. The van der Waals surface area contributed by atoms with Gasteiger partial charge in [-0.15, -0.1) is 0 Å². The summed E-state index contributed by atoms with van der Waals surface area (Å²) >= 11 is 2.35. The summed E-state index contributed by atoms with van der Waals surface area (Å²) in [4.78, 5) is 0. The number of nitrogens with zero attached hydrogens (tertiary/aromatic N) is 2. The molecular formula is C6H13IN2. The molecule has 0 aliphatic rings. The first-order chi connectivity index (χ1) is 4.41. The molecule has 2 nitrogen and oxygen atoms in total. The zero-order chi connectivity index (χ0) is 6.95. The number of rotatable bonds is 5. The van der Waals surface area contributed by atoms with Crippen molar-refractivity contribution in [3.05, 3.63) is 0 Å². The quantitative estimate of drug-likeness (QED) is 0.305. The fraction of sp³-hybridized carbons (Fsp3) is 1.00. The summed E-state index contributed by atoms with van der Waals surface area (Å²) in [6.07, 6.45) is 2.27. The fourth-order valence-electron chi connectivity index (χ4n) is 0.372. The molecule has 0 aromatic carbocycles. The Kier molecular flexibility index (Phi) is 8.64. The summed E-state index contributed by atoms with van der Waals surface area (Å²) in [6.45, 7) is 3.90. The van der Waals surface area contributed by atoms with Crippen LogP contribution in [0.4, 0.5) is 0 Å². The van der Waals surface area contributed by atoms with Crippen LogP contribution < -0.4 is 0 Å². The highest BCUT2D eigenvalue weighted by atomic mass is 127. The van der Waals surface area contributed by atoms with Crippen LogP contribution in [0.2, 0.25) is 0 Å². The molecule has 0 rings (SSSR count). The molecule has 0 unspecified atom stereocenters. The summed E-state index contributed by atoms with van der Waals surface area (Å²) < 4.78 is 1.18. The zero-order valence-corrected chi connectivity index (χ0v) is 7.97. The molecule has 9 heavy (non-hydrogen) atoms. The number of hydrogen-bond acceptors (Lipinski definition) is 2. The standard InChI is InChI=1S/C6H13IN2/c1-2-5-8-9-6-3-4-7/h2-6H2,1H3. The summed E-state index contributed by atoms with van der Waals surface area (Å²) in [6, 6.07) is 0. The monoisotopic (exact) mass is 240 g/mol. The third kappa shape index (κ3) is 8.33. The topological polar surface area (TPSA) is 24.7 Å². The molecule has 0 N–H and O–H groups in total. The van der Waals surface area contributed by atoms with Gasteiger partial charge in [-0.25, -0.2) is 0 Å². The second-order valence-corrected chi connectivity index (χ2v) is 2.85. The van der Waals surface area contributed by atoms with E-state index in [9.17, 15) is 0 Å². The Morgan fingerprint density at radius 3 is 2.44 bits per heavy atom. The number of halogens is 1. The minimum absolute atomic E-state index is 0.890. The van der Waals surface area contributed by atoms with Crippen molar-refractivity contribution in [1.82, 2.24) is 0 Å². The van der Waals surface area contributed by atoms with E-state index in [1.165, 1.54) is 4.43 Å². The SMILES string of the molecule is CCCN=NCCCI. The van der Waals surface area contributed by atoms with Gasteiger partial charge in [-0.3, -0.25) is 0 Å². The lowest BCUT2D eigenvalue weighted by molar-refractivity contribution is 0.798. The minimum Gasteiger partial charge on any atom is -0.194 e. The maximum atomic E-state index is 3.97. The van der Waals surface area contributed by atoms with Crippen LogP contribution in [0.1, 0.15) is 19.8 Å². The third-order valence-electron chi connectivity index (χ3n) is 0.815. The summed E-state index contributed by atoms with van der Waals surface area (Å²) in [5.41, 5.74) is 0. The van der Waals surface area contributed by atoms with Gasteiger partial charge in [0.15, 0.2) is 0 Å². The highest BCUT2D eigenvalue weighted by molar-refractivity contribution is 14.1. The molecule has 3 heteroatoms. The Bertz CT molecular complexity index is 73.5. The maximum Gasteiger partial charge on any atom is 0.0606 e. The fourth-order valence-corrected chi connectivity index (χ4v) is 0.713. The van der Waals surface area contributed by atoms with Crippen LogP contribution in [-0.2, 0) is 0 Å².